The van der Waals surface area contributed by atoms with E-state index in [1.807, 2.05) is 42.0 Å². The van der Waals surface area contributed by atoms with Gasteiger partial charge in [-0.05, 0) is 31.5 Å². The number of rotatable bonds is 5. The lowest BCUT2D eigenvalue weighted by molar-refractivity contribution is 0.0944. The number of amides is 1. The van der Waals surface area contributed by atoms with Gasteiger partial charge in [0.1, 0.15) is 11.5 Å². The van der Waals surface area contributed by atoms with Crippen molar-refractivity contribution in [3.05, 3.63) is 41.9 Å². The minimum absolute atomic E-state index is 0.161. The predicted octanol–water partition coefficient (Wildman–Crippen LogP) is 1.20. The van der Waals surface area contributed by atoms with E-state index in [1.54, 1.807) is 12.3 Å². The van der Waals surface area contributed by atoms with Gasteiger partial charge in [0, 0.05) is 45.1 Å². The summed E-state index contributed by atoms with van der Waals surface area (Å²) in [6.07, 6.45) is 5.88. The molecule has 7 heteroatoms. The largest absolute Gasteiger partial charge is 0.362 e. The molecule has 1 atom stereocenters. The van der Waals surface area contributed by atoms with Gasteiger partial charge in [0.2, 0.25) is 0 Å². The van der Waals surface area contributed by atoms with Crippen molar-refractivity contribution in [3.8, 4) is 0 Å². The van der Waals surface area contributed by atoms with Gasteiger partial charge < -0.3 is 15.5 Å². The van der Waals surface area contributed by atoms with Crippen molar-refractivity contribution < 1.29 is 4.79 Å². The molecule has 128 valence electrons. The Morgan fingerprint density at radius 1 is 1.46 bits per heavy atom. The van der Waals surface area contributed by atoms with Crippen LogP contribution in [0.25, 0.3) is 0 Å². The molecule has 1 saturated heterocycles. The average Bonchev–Trinajstić information content (AvgIpc) is 3.11. The van der Waals surface area contributed by atoms with Crippen LogP contribution in [0, 0.1) is 0 Å². The molecule has 0 aliphatic carbocycles. The second-order valence-electron chi connectivity index (χ2n) is 6.24. The first-order valence-corrected chi connectivity index (χ1v) is 8.30. The third-order valence-electron chi connectivity index (χ3n) is 4.22. The van der Waals surface area contributed by atoms with E-state index in [2.05, 4.69) is 20.7 Å². The molecule has 1 unspecified atom stereocenters. The van der Waals surface area contributed by atoms with Crippen LogP contribution in [0.4, 0.5) is 5.82 Å². The summed E-state index contributed by atoms with van der Waals surface area (Å²) < 4.78 is 1.90. The van der Waals surface area contributed by atoms with Crippen molar-refractivity contribution in [2.24, 2.45) is 0 Å². The number of pyridine rings is 1. The van der Waals surface area contributed by atoms with Crippen molar-refractivity contribution in [1.82, 2.24) is 25.4 Å². The molecule has 3 rings (SSSR count). The van der Waals surface area contributed by atoms with Crippen LogP contribution in [-0.2, 0) is 6.54 Å². The summed E-state index contributed by atoms with van der Waals surface area (Å²) in [5.74, 6) is 0.697. The Bertz CT molecular complexity index is 690. The number of nitrogens with one attached hydrogen (secondary N) is 2. The highest BCUT2D eigenvalue weighted by Crippen LogP contribution is 2.16. The number of hydrogen-bond acceptors (Lipinski definition) is 5. The van der Waals surface area contributed by atoms with E-state index in [4.69, 9.17) is 0 Å². The van der Waals surface area contributed by atoms with Crippen LogP contribution in [0.5, 0.6) is 0 Å². The van der Waals surface area contributed by atoms with Crippen molar-refractivity contribution in [2.45, 2.75) is 25.4 Å². The Balaban J connectivity index is 1.62. The maximum absolute atomic E-state index is 12.4. The molecule has 24 heavy (non-hydrogen) atoms. The number of anilines is 1. The third-order valence-corrected chi connectivity index (χ3v) is 4.22. The Hall–Kier alpha value is -2.41. The van der Waals surface area contributed by atoms with Crippen LogP contribution in [0.15, 0.2) is 30.6 Å². The van der Waals surface area contributed by atoms with E-state index in [0.717, 1.165) is 37.3 Å². The minimum atomic E-state index is -0.161. The Labute approximate surface area is 142 Å². The van der Waals surface area contributed by atoms with Gasteiger partial charge in [-0.2, -0.15) is 5.10 Å². The lowest BCUT2D eigenvalue weighted by Crippen LogP contribution is -2.32. The van der Waals surface area contributed by atoms with Gasteiger partial charge in [0.15, 0.2) is 0 Å². The highest BCUT2D eigenvalue weighted by molar-refractivity contribution is 5.92. The van der Waals surface area contributed by atoms with E-state index >= 15 is 0 Å². The van der Waals surface area contributed by atoms with Crippen LogP contribution >= 0.6 is 0 Å². The van der Waals surface area contributed by atoms with Gasteiger partial charge in [-0.3, -0.25) is 9.48 Å². The van der Waals surface area contributed by atoms with Crippen molar-refractivity contribution >= 4 is 11.7 Å². The summed E-state index contributed by atoms with van der Waals surface area (Å²) in [6.45, 7) is 2.40. The summed E-state index contributed by atoms with van der Waals surface area (Å²) in [6, 6.07) is 5.95. The molecule has 0 bridgehead atoms. The minimum Gasteiger partial charge on any atom is -0.362 e. The number of piperidine rings is 1. The van der Waals surface area contributed by atoms with Crippen LogP contribution in [0.1, 0.15) is 34.9 Å². The lowest BCUT2D eigenvalue weighted by Gasteiger charge is -2.22. The van der Waals surface area contributed by atoms with E-state index in [1.165, 1.54) is 0 Å². The fourth-order valence-corrected chi connectivity index (χ4v) is 2.96. The summed E-state index contributed by atoms with van der Waals surface area (Å²) in [5.41, 5.74) is 1.43. The third kappa shape index (κ3) is 3.73. The van der Waals surface area contributed by atoms with Crippen molar-refractivity contribution in [2.75, 3.05) is 32.1 Å². The maximum atomic E-state index is 12.4. The summed E-state index contributed by atoms with van der Waals surface area (Å²) >= 11 is 0. The fraction of sp³-hybridized carbons (Fsp3) is 0.471. The number of carbonyl (C=O) groups is 1. The molecule has 2 N–H and O–H groups in total. The molecular weight excluding hydrogens is 304 g/mol. The maximum Gasteiger partial charge on any atom is 0.272 e. The number of hydrogen-bond donors (Lipinski definition) is 2. The monoisotopic (exact) mass is 328 g/mol. The molecule has 0 spiro atoms. The number of aromatic nitrogens is 3. The van der Waals surface area contributed by atoms with Gasteiger partial charge >= 0.3 is 0 Å². The van der Waals surface area contributed by atoms with Gasteiger partial charge in [0.05, 0.1) is 6.04 Å². The number of carbonyl (C=O) groups excluding carboxylic acids is 1. The summed E-state index contributed by atoms with van der Waals surface area (Å²) in [7, 11) is 3.88. The normalized spacial score (nSPS) is 17.5. The van der Waals surface area contributed by atoms with Gasteiger partial charge in [-0.1, -0.05) is 6.07 Å². The average molecular weight is 328 g/mol. The standard InChI is InChI=1S/C17H24N6O/c1-22(2)16-13(5-3-9-19-16)11-20-17(24)15-7-10-23(21-15)14-6-4-8-18-12-14/h3,5,7,9-10,14,18H,4,6,8,11-12H2,1-2H3,(H,20,24). The fourth-order valence-electron chi connectivity index (χ4n) is 2.96. The van der Waals surface area contributed by atoms with E-state index in [9.17, 15) is 4.79 Å². The first-order chi connectivity index (χ1) is 11.6. The molecule has 3 heterocycles. The smallest absolute Gasteiger partial charge is 0.272 e. The zero-order chi connectivity index (χ0) is 16.9. The van der Waals surface area contributed by atoms with Crippen LogP contribution in [-0.4, -0.2) is 47.9 Å². The lowest BCUT2D eigenvalue weighted by atomic mass is 10.1. The van der Waals surface area contributed by atoms with Crippen molar-refractivity contribution in [3.63, 3.8) is 0 Å². The zero-order valence-corrected chi connectivity index (χ0v) is 14.2. The molecule has 0 aromatic carbocycles. The molecule has 1 amide bonds. The van der Waals surface area contributed by atoms with Crippen LogP contribution < -0.4 is 15.5 Å². The first kappa shape index (κ1) is 16.4. The number of nitrogens with zero attached hydrogens (tertiary/aromatic N) is 4. The van der Waals surface area contributed by atoms with Crippen molar-refractivity contribution in [1.29, 1.82) is 0 Å². The second kappa shape index (κ2) is 7.44. The summed E-state index contributed by atoms with van der Waals surface area (Å²) in [4.78, 5) is 18.6. The van der Waals surface area contributed by atoms with Gasteiger partial charge in [-0.25, -0.2) is 4.98 Å². The SMILES string of the molecule is CN(C)c1ncccc1CNC(=O)c1ccn(C2CCCNC2)n1. The second-order valence-corrected chi connectivity index (χ2v) is 6.24. The molecule has 2 aromatic heterocycles. The quantitative estimate of drug-likeness (QED) is 0.863. The van der Waals surface area contributed by atoms with Crippen LogP contribution in [0.2, 0.25) is 0 Å². The van der Waals surface area contributed by atoms with Gasteiger partial charge in [-0.15, -0.1) is 0 Å². The van der Waals surface area contributed by atoms with Gasteiger partial charge in [0.25, 0.3) is 5.91 Å². The van der Waals surface area contributed by atoms with Crippen LogP contribution in [0.3, 0.4) is 0 Å². The zero-order valence-electron chi connectivity index (χ0n) is 14.2. The molecule has 1 aliphatic rings. The molecule has 1 fully saturated rings. The molecule has 1 aliphatic heterocycles. The Morgan fingerprint density at radius 2 is 2.33 bits per heavy atom. The molecule has 0 radical (unpaired) electrons. The highest BCUT2D eigenvalue weighted by atomic mass is 16.1. The molecule has 7 nitrogen and oxygen atoms in total. The molecule has 0 saturated carbocycles. The van der Waals surface area contributed by atoms with E-state index in [-0.39, 0.29) is 5.91 Å². The molecule has 2 aromatic rings. The van der Waals surface area contributed by atoms with E-state index < -0.39 is 0 Å². The Kier molecular flexibility index (Phi) is 5.10. The van der Waals surface area contributed by atoms with E-state index in [0.29, 0.717) is 18.3 Å². The molecular formula is C17H24N6O. The summed E-state index contributed by atoms with van der Waals surface area (Å²) in [5, 5.41) is 10.7. The highest BCUT2D eigenvalue weighted by Gasteiger charge is 2.18. The Morgan fingerprint density at radius 3 is 3.08 bits per heavy atom. The predicted molar refractivity (Wildman–Crippen MR) is 93.1 cm³/mol. The first-order valence-electron chi connectivity index (χ1n) is 8.30. The topological polar surface area (TPSA) is 75.1 Å².